The lowest BCUT2D eigenvalue weighted by molar-refractivity contribution is -0.140. The highest BCUT2D eigenvalue weighted by Crippen LogP contribution is 2.32. The molecule has 1 unspecified atom stereocenters. The van der Waals surface area contributed by atoms with E-state index in [0.717, 1.165) is 5.56 Å². The highest BCUT2D eigenvalue weighted by molar-refractivity contribution is 5.96. The van der Waals surface area contributed by atoms with Gasteiger partial charge in [0, 0.05) is 36.6 Å². The van der Waals surface area contributed by atoms with Crippen LogP contribution in [0.25, 0.3) is 6.08 Å². The summed E-state index contributed by atoms with van der Waals surface area (Å²) in [4.78, 5) is 26.3. The summed E-state index contributed by atoms with van der Waals surface area (Å²) >= 11 is 0. The first-order chi connectivity index (χ1) is 12.5. The van der Waals surface area contributed by atoms with E-state index in [-0.39, 0.29) is 17.9 Å². The molecular weight excluding hydrogens is 326 g/mol. The molecule has 0 aromatic carbocycles. The van der Waals surface area contributed by atoms with Gasteiger partial charge >= 0.3 is 0 Å². The van der Waals surface area contributed by atoms with Crippen LogP contribution in [0.3, 0.4) is 0 Å². The number of aromatic nitrogens is 1. The molecule has 1 aromatic heterocycles. The van der Waals surface area contributed by atoms with Gasteiger partial charge in [-0.3, -0.25) is 9.59 Å². The van der Waals surface area contributed by atoms with E-state index in [0.29, 0.717) is 25.6 Å². The molecule has 2 heterocycles. The Balaban J connectivity index is 1.76. The van der Waals surface area contributed by atoms with Gasteiger partial charge in [0.05, 0.1) is 0 Å². The fraction of sp³-hybridized carbons (Fsp3) is 0.619. The van der Waals surface area contributed by atoms with Crippen molar-refractivity contribution < 1.29 is 9.59 Å². The van der Waals surface area contributed by atoms with Crippen LogP contribution in [0, 0.1) is 13.8 Å². The number of aryl methyl sites for hydroxylation is 1. The molecule has 0 radical (unpaired) electrons. The zero-order valence-corrected chi connectivity index (χ0v) is 16.3. The number of rotatable bonds is 4. The van der Waals surface area contributed by atoms with Crippen molar-refractivity contribution >= 4 is 17.9 Å². The van der Waals surface area contributed by atoms with Gasteiger partial charge in [-0.2, -0.15) is 0 Å². The molecule has 142 valence electrons. The van der Waals surface area contributed by atoms with Crippen LogP contribution in [-0.2, 0) is 9.59 Å². The minimum Gasteiger partial charge on any atom is -0.353 e. The zero-order chi connectivity index (χ0) is 18.7. The maximum atomic E-state index is 12.6. The Morgan fingerprint density at radius 1 is 1.27 bits per heavy atom. The fourth-order valence-electron chi connectivity index (χ4n) is 4.51. The predicted octanol–water partition coefficient (Wildman–Crippen LogP) is 3.36. The van der Waals surface area contributed by atoms with Gasteiger partial charge in [-0.05, 0) is 50.8 Å². The number of nitrogens with one attached hydrogen (secondary N) is 1. The summed E-state index contributed by atoms with van der Waals surface area (Å²) in [6, 6.07) is 2.42. The lowest BCUT2D eigenvalue weighted by atomic mass is 9.95. The van der Waals surface area contributed by atoms with Crippen molar-refractivity contribution in [1.29, 1.82) is 0 Å². The molecule has 2 aliphatic rings. The zero-order valence-electron chi connectivity index (χ0n) is 16.3. The van der Waals surface area contributed by atoms with E-state index in [1.54, 1.807) is 11.0 Å². The molecule has 2 amide bonds. The number of hydrogen-bond acceptors (Lipinski definition) is 2. The van der Waals surface area contributed by atoms with E-state index in [2.05, 4.69) is 29.8 Å². The van der Waals surface area contributed by atoms with Crippen LogP contribution in [0.15, 0.2) is 12.1 Å². The summed E-state index contributed by atoms with van der Waals surface area (Å²) in [6.45, 7) is 7.36. The molecule has 0 spiro atoms. The average molecular weight is 357 g/mol. The number of piperazine rings is 1. The van der Waals surface area contributed by atoms with Gasteiger partial charge in [0.2, 0.25) is 11.8 Å². The molecule has 1 saturated carbocycles. The van der Waals surface area contributed by atoms with Crippen LogP contribution in [0.1, 0.15) is 68.4 Å². The topological polar surface area (TPSA) is 54.3 Å². The van der Waals surface area contributed by atoms with E-state index in [1.807, 2.05) is 13.0 Å². The second-order valence-electron chi connectivity index (χ2n) is 7.57. The first-order valence-electron chi connectivity index (χ1n) is 9.97. The van der Waals surface area contributed by atoms with E-state index in [1.165, 1.54) is 43.5 Å². The number of carbonyl (C=O) groups is 2. The van der Waals surface area contributed by atoms with Gasteiger partial charge in [-0.15, -0.1) is 0 Å². The summed E-state index contributed by atoms with van der Waals surface area (Å²) < 4.78 is 2.45. The molecule has 1 N–H and O–H groups in total. The summed E-state index contributed by atoms with van der Waals surface area (Å²) in [5.74, 6) is -0.120. The van der Waals surface area contributed by atoms with Gasteiger partial charge in [-0.1, -0.05) is 26.2 Å². The molecule has 1 aliphatic carbocycles. The minimum absolute atomic E-state index is 0.0454. The maximum Gasteiger partial charge on any atom is 0.247 e. The van der Waals surface area contributed by atoms with Crippen LogP contribution in [-0.4, -0.2) is 40.4 Å². The van der Waals surface area contributed by atoms with Crippen LogP contribution in [0.4, 0.5) is 0 Å². The Bertz CT molecular complexity index is 698. The summed E-state index contributed by atoms with van der Waals surface area (Å²) in [5, 5.41) is 2.84. The van der Waals surface area contributed by atoms with Crippen molar-refractivity contribution in [3.05, 3.63) is 29.1 Å². The number of hydrogen-bond donors (Lipinski definition) is 1. The summed E-state index contributed by atoms with van der Waals surface area (Å²) in [5.41, 5.74) is 3.61. The monoisotopic (exact) mass is 357 g/mol. The van der Waals surface area contributed by atoms with Crippen molar-refractivity contribution in [1.82, 2.24) is 14.8 Å². The summed E-state index contributed by atoms with van der Waals surface area (Å²) in [6.07, 6.45) is 10.7. The van der Waals surface area contributed by atoms with Crippen molar-refractivity contribution in [2.24, 2.45) is 0 Å². The van der Waals surface area contributed by atoms with E-state index in [4.69, 9.17) is 0 Å². The number of nitrogens with zero attached hydrogens (tertiary/aromatic N) is 2. The third-order valence-corrected chi connectivity index (χ3v) is 5.87. The van der Waals surface area contributed by atoms with Crippen LogP contribution in [0.5, 0.6) is 0 Å². The Morgan fingerprint density at radius 2 is 2.00 bits per heavy atom. The second kappa shape index (κ2) is 8.11. The molecule has 5 nitrogen and oxygen atoms in total. The first-order valence-corrected chi connectivity index (χ1v) is 9.97. The molecule has 1 saturated heterocycles. The van der Waals surface area contributed by atoms with Crippen LogP contribution in [0.2, 0.25) is 0 Å². The third kappa shape index (κ3) is 3.71. The molecule has 1 atom stereocenters. The standard InChI is InChI=1S/C21H31N3O2/c1-4-19-21(26)22-12-13-23(19)20(25)11-10-17-14-15(2)24(16(17)3)18-8-6-5-7-9-18/h10-11,14,18-19H,4-9,12-13H2,1-3H3,(H,22,26)/b11-10+. The Hall–Kier alpha value is -2.04. The van der Waals surface area contributed by atoms with E-state index >= 15 is 0 Å². The van der Waals surface area contributed by atoms with Crippen molar-refractivity contribution in [3.63, 3.8) is 0 Å². The van der Waals surface area contributed by atoms with Gasteiger partial charge in [-0.25, -0.2) is 0 Å². The lowest BCUT2D eigenvalue weighted by Gasteiger charge is -2.33. The van der Waals surface area contributed by atoms with E-state index < -0.39 is 0 Å². The largest absolute Gasteiger partial charge is 0.353 e. The molecule has 2 fully saturated rings. The van der Waals surface area contributed by atoms with Crippen LogP contribution < -0.4 is 5.32 Å². The Labute approximate surface area is 156 Å². The highest BCUT2D eigenvalue weighted by atomic mass is 16.2. The quantitative estimate of drug-likeness (QED) is 0.840. The number of amides is 2. The highest BCUT2D eigenvalue weighted by Gasteiger charge is 2.30. The predicted molar refractivity (Wildman–Crippen MR) is 104 cm³/mol. The van der Waals surface area contributed by atoms with Gasteiger partial charge in [0.25, 0.3) is 0 Å². The molecule has 1 aromatic rings. The molecule has 5 heteroatoms. The minimum atomic E-state index is -0.351. The SMILES string of the molecule is CCC1C(=O)NCCN1C(=O)/C=C/c1cc(C)n(C2CCCCC2)c1C. The van der Waals surface area contributed by atoms with Crippen molar-refractivity contribution in [3.8, 4) is 0 Å². The van der Waals surface area contributed by atoms with Crippen molar-refractivity contribution in [2.75, 3.05) is 13.1 Å². The average Bonchev–Trinajstić information content (AvgIpc) is 2.93. The number of carbonyl (C=O) groups excluding carboxylic acids is 2. The molecule has 1 aliphatic heterocycles. The smallest absolute Gasteiger partial charge is 0.247 e. The van der Waals surface area contributed by atoms with Crippen LogP contribution >= 0.6 is 0 Å². The lowest BCUT2D eigenvalue weighted by Crippen LogP contribution is -2.56. The Kier molecular flexibility index (Phi) is 5.84. The molecule has 26 heavy (non-hydrogen) atoms. The third-order valence-electron chi connectivity index (χ3n) is 5.87. The fourth-order valence-corrected chi connectivity index (χ4v) is 4.51. The molecular formula is C21H31N3O2. The summed E-state index contributed by atoms with van der Waals surface area (Å²) in [7, 11) is 0. The molecule has 0 bridgehead atoms. The van der Waals surface area contributed by atoms with E-state index in [9.17, 15) is 9.59 Å². The van der Waals surface area contributed by atoms with Gasteiger partial charge in [0.1, 0.15) is 6.04 Å². The van der Waals surface area contributed by atoms with Gasteiger partial charge in [0.15, 0.2) is 0 Å². The molecule has 3 rings (SSSR count). The first kappa shape index (κ1) is 18.7. The maximum absolute atomic E-state index is 12.6. The second-order valence-corrected chi connectivity index (χ2v) is 7.57. The van der Waals surface area contributed by atoms with Gasteiger partial charge < -0.3 is 14.8 Å². The normalized spacial score (nSPS) is 22.0. The van der Waals surface area contributed by atoms with Crippen molar-refractivity contribution in [2.45, 2.75) is 71.4 Å². The Morgan fingerprint density at radius 3 is 2.69 bits per heavy atom.